The van der Waals surface area contributed by atoms with E-state index in [1.54, 1.807) is 0 Å². The van der Waals surface area contributed by atoms with Crippen molar-refractivity contribution in [3.63, 3.8) is 0 Å². The van der Waals surface area contributed by atoms with Crippen LogP contribution in [-0.4, -0.2) is 44.7 Å². The second kappa shape index (κ2) is 15.4. The van der Waals surface area contributed by atoms with Gasteiger partial charge in [-0.2, -0.15) is 0 Å². The molecule has 5 nitrogen and oxygen atoms in total. The zero-order valence-electron chi connectivity index (χ0n) is 13.6. The summed E-state index contributed by atoms with van der Waals surface area (Å²) in [6, 6.07) is 0. The third kappa shape index (κ3) is 15.3. The van der Waals surface area contributed by atoms with Crippen molar-refractivity contribution in [1.82, 2.24) is 5.32 Å². The van der Waals surface area contributed by atoms with Crippen molar-refractivity contribution in [2.75, 3.05) is 33.0 Å². The molecule has 0 saturated carbocycles. The second-order valence-electron chi connectivity index (χ2n) is 5.07. The lowest BCUT2D eigenvalue weighted by molar-refractivity contribution is -0.124. The minimum atomic E-state index is 0.0272. The predicted octanol–water partition coefficient (Wildman–Crippen LogP) is 2.48. The van der Waals surface area contributed by atoms with Crippen LogP contribution in [-0.2, 0) is 19.1 Å². The number of carbonyl (C=O) groups is 2. The van der Waals surface area contributed by atoms with Crippen molar-refractivity contribution in [2.45, 2.75) is 58.8 Å². The molecule has 0 aliphatic heterocycles. The molecule has 124 valence electrons. The van der Waals surface area contributed by atoms with Gasteiger partial charge in [-0.05, 0) is 6.42 Å². The van der Waals surface area contributed by atoms with Crippen molar-refractivity contribution in [2.24, 2.45) is 0 Å². The number of unbranched alkanes of at least 4 members (excludes halogenated alkanes) is 4. The van der Waals surface area contributed by atoms with Gasteiger partial charge in [0.1, 0.15) is 6.61 Å². The summed E-state index contributed by atoms with van der Waals surface area (Å²) in [5, 5.41) is 2.72. The fraction of sp³-hybridized carbons (Fsp3) is 0.875. The lowest BCUT2D eigenvalue weighted by atomic mass is 10.1. The van der Waals surface area contributed by atoms with Crippen molar-refractivity contribution < 1.29 is 19.1 Å². The quantitative estimate of drug-likeness (QED) is 0.472. The topological polar surface area (TPSA) is 64.6 Å². The number of amides is 1. The summed E-state index contributed by atoms with van der Waals surface area (Å²) in [6.45, 7) is 6.03. The number of hydrogen-bond donors (Lipinski definition) is 1. The molecule has 1 N–H and O–H groups in total. The first kappa shape index (κ1) is 20.1. The smallest absolute Gasteiger partial charge is 0.219 e. The number of hydrogen-bond acceptors (Lipinski definition) is 4. The molecular formula is C16H31NO4. The Morgan fingerprint density at radius 1 is 0.905 bits per heavy atom. The van der Waals surface area contributed by atoms with Crippen molar-refractivity contribution in [3.05, 3.63) is 0 Å². The van der Waals surface area contributed by atoms with Gasteiger partial charge in [0.25, 0.3) is 0 Å². The summed E-state index contributed by atoms with van der Waals surface area (Å²) in [7, 11) is 0. The van der Waals surface area contributed by atoms with E-state index in [-0.39, 0.29) is 18.3 Å². The first-order chi connectivity index (χ1) is 10.2. The van der Waals surface area contributed by atoms with E-state index in [1.807, 2.05) is 6.92 Å². The van der Waals surface area contributed by atoms with E-state index in [1.165, 1.54) is 19.3 Å². The highest BCUT2D eigenvalue weighted by Crippen LogP contribution is 2.05. The SMILES string of the molecule is CCCCCCCC(=O)COCCOCCNC(=O)CC. The molecule has 0 aromatic carbocycles. The maximum absolute atomic E-state index is 11.5. The summed E-state index contributed by atoms with van der Waals surface area (Å²) >= 11 is 0. The van der Waals surface area contributed by atoms with Gasteiger partial charge < -0.3 is 14.8 Å². The van der Waals surface area contributed by atoms with Crippen LogP contribution >= 0.6 is 0 Å². The van der Waals surface area contributed by atoms with Gasteiger partial charge in [0.2, 0.25) is 5.91 Å². The van der Waals surface area contributed by atoms with Crippen LogP contribution in [0.25, 0.3) is 0 Å². The molecule has 0 rings (SSSR count). The van der Waals surface area contributed by atoms with E-state index < -0.39 is 0 Å². The van der Waals surface area contributed by atoms with E-state index in [0.29, 0.717) is 39.2 Å². The van der Waals surface area contributed by atoms with Crippen LogP contribution in [0, 0.1) is 0 Å². The predicted molar refractivity (Wildman–Crippen MR) is 83.3 cm³/mol. The summed E-state index contributed by atoms with van der Waals surface area (Å²) in [6.07, 6.45) is 6.90. The van der Waals surface area contributed by atoms with Crippen LogP contribution in [0.15, 0.2) is 0 Å². The number of carbonyl (C=O) groups excluding carboxylic acids is 2. The van der Waals surface area contributed by atoms with E-state index in [9.17, 15) is 9.59 Å². The molecule has 0 atom stereocenters. The molecule has 0 radical (unpaired) electrons. The summed E-state index contributed by atoms with van der Waals surface area (Å²) in [5.74, 6) is 0.195. The van der Waals surface area contributed by atoms with Gasteiger partial charge in [-0.3, -0.25) is 9.59 Å². The van der Waals surface area contributed by atoms with Crippen LogP contribution in [0.2, 0.25) is 0 Å². The standard InChI is InChI=1S/C16H31NO4/c1-3-5-6-7-8-9-15(18)14-21-13-12-20-11-10-17-16(19)4-2/h3-14H2,1-2H3,(H,17,19). The molecule has 0 aromatic rings. The van der Waals surface area contributed by atoms with Gasteiger partial charge in [0, 0.05) is 19.4 Å². The van der Waals surface area contributed by atoms with Gasteiger partial charge >= 0.3 is 0 Å². The van der Waals surface area contributed by atoms with Crippen LogP contribution in [0.3, 0.4) is 0 Å². The Hall–Kier alpha value is -0.940. The van der Waals surface area contributed by atoms with Crippen molar-refractivity contribution in [1.29, 1.82) is 0 Å². The van der Waals surface area contributed by atoms with Crippen molar-refractivity contribution >= 4 is 11.7 Å². The molecule has 0 saturated heterocycles. The molecule has 0 unspecified atom stereocenters. The maximum atomic E-state index is 11.5. The van der Waals surface area contributed by atoms with Gasteiger partial charge in [-0.25, -0.2) is 0 Å². The fourth-order valence-electron chi connectivity index (χ4n) is 1.79. The lowest BCUT2D eigenvalue weighted by Crippen LogP contribution is -2.26. The van der Waals surface area contributed by atoms with Crippen molar-refractivity contribution in [3.8, 4) is 0 Å². The molecule has 0 aromatic heterocycles. The number of Topliss-reactive ketones (excluding diaryl/α,β-unsaturated/α-hetero) is 1. The normalized spacial score (nSPS) is 10.6. The average molecular weight is 301 g/mol. The first-order valence-corrected chi connectivity index (χ1v) is 8.14. The summed E-state index contributed by atoms with van der Waals surface area (Å²) < 4.78 is 10.5. The summed E-state index contributed by atoms with van der Waals surface area (Å²) in [5.41, 5.74) is 0. The van der Waals surface area contributed by atoms with Gasteiger partial charge in [0.15, 0.2) is 5.78 Å². The Morgan fingerprint density at radius 3 is 2.33 bits per heavy atom. The second-order valence-corrected chi connectivity index (χ2v) is 5.07. The van der Waals surface area contributed by atoms with Crippen LogP contribution in [0.4, 0.5) is 0 Å². The zero-order valence-corrected chi connectivity index (χ0v) is 13.6. The Bertz CT molecular complexity index is 269. The van der Waals surface area contributed by atoms with Crippen LogP contribution < -0.4 is 5.32 Å². The Balaban J connectivity index is 3.19. The molecule has 0 aliphatic carbocycles. The van der Waals surface area contributed by atoms with Crippen LogP contribution in [0.5, 0.6) is 0 Å². The minimum Gasteiger partial charge on any atom is -0.377 e. The van der Waals surface area contributed by atoms with E-state index in [2.05, 4.69) is 12.2 Å². The lowest BCUT2D eigenvalue weighted by Gasteiger charge is -2.06. The number of nitrogens with one attached hydrogen (secondary N) is 1. The molecule has 0 heterocycles. The highest BCUT2D eigenvalue weighted by Gasteiger charge is 2.02. The fourth-order valence-corrected chi connectivity index (χ4v) is 1.79. The molecule has 0 fully saturated rings. The third-order valence-electron chi connectivity index (χ3n) is 3.08. The molecule has 1 amide bonds. The zero-order chi connectivity index (χ0) is 15.8. The molecule has 0 spiro atoms. The van der Waals surface area contributed by atoms with E-state index >= 15 is 0 Å². The number of ether oxygens (including phenoxy) is 2. The Morgan fingerprint density at radius 2 is 1.62 bits per heavy atom. The average Bonchev–Trinajstić information content (AvgIpc) is 2.49. The molecule has 0 aliphatic rings. The number of rotatable bonds is 15. The van der Waals surface area contributed by atoms with E-state index in [4.69, 9.17) is 9.47 Å². The first-order valence-electron chi connectivity index (χ1n) is 8.14. The Labute approximate surface area is 128 Å². The van der Waals surface area contributed by atoms with Crippen LogP contribution in [0.1, 0.15) is 58.8 Å². The molecular weight excluding hydrogens is 270 g/mol. The van der Waals surface area contributed by atoms with Gasteiger partial charge in [0.05, 0.1) is 19.8 Å². The number of ketones is 1. The molecule has 5 heteroatoms. The highest BCUT2D eigenvalue weighted by molar-refractivity contribution is 5.79. The maximum Gasteiger partial charge on any atom is 0.219 e. The molecule has 0 bridgehead atoms. The monoisotopic (exact) mass is 301 g/mol. The third-order valence-corrected chi connectivity index (χ3v) is 3.08. The van der Waals surface area contributed by atoms with Gasteiger partial charge in [-0.15, -0.1) is 0 Å². The largest absolute Gasteiger partial charge is 0.377 e. The van der Waals surface area contributed by atoms with E-state index in [0.717, 1.165) is 12.8 Å². The summed E-state index contributed by atoms with van der Waals surface area (Å²) in [4.78, 5) is 22.4. The highest BCUT2D eigenvalue weighted by atomic mass is 16.5. The Kier molecular flexibility index (Phi) is 14.8. The molecule has 21 heavy (non-hydrogen) atoms. The van der Waals surface area contributed by atoms with Gasteiger partial charge in [-0.1, -0.05) is 39.5 Å². The minimum absolute atomic E-state index is 0.0272.